The largest absolute Gasteiger partial charge is 0.372 e. The Morgan fingerprint density at radius 3 is 3.13 bits per heavy atom. The Bertz CT molecular complexity index is 284. The van der Waals surface area contributed by atoms with E-state index >= 15 is 0 Å². The van der Waals surface area contributed by atoms with Crippen molar-refractivity contribution in [2.24, 2.45) is 0 Å². The van der Waals surface area contributed by atoms with E-state index in [0.717, 1.165) is 25.2 Å². The Morgan fingerprint density at radius 1 is 1.47 bits per heavy atom. The molecular weight excluding hydrogens is 192 g/mol. The molecule has 0 radical (unpaired) electrons. The van der Waals surface area contributed by atoms with Gasteiger partial charge in [0, 0.05) is 19.0 Å². The summed E-state index contributed by atoms with van der Waals surface area (Å²) in [5.41, 5.74) is 1.34. The van der Waals surface area contributed by atoms with Gasteiger partial charge < -0.3 is 20.8 Å². The first-order valence-electron chi connectivity index (χ1n) is 5.53. The summed E-state index contributed by atoms with van der Waals surface area (Å²) in [6.45, 7) is 1.02. The number of allylic oxidation sites excluding steroid dienone is 2. The van der Waals surface area contributed by atoms with Crippen LogP contribution < -0.4 is 10.6 Å². The number of hydrogen-bond donors (Lipinski definition) is 4. The van der Waals surface area contributed by atoms with E-state index in [1.54, 1.807) is 0 Å². The molecule has 1 unspecified atom stereocenters. The number of rotatable bonds is 3. The second-order valence-corrected chi connectivity index (χ2v) is 4.10. The quantitative estimate of drug-likeness (QED) is 0.502. The zero-order valence-electron chi connectivity index (χ0n) is 8.74. The molecule has 0 saturated heterocycles. The molecule has 0 aromatic heterocycles. The van der Waals surface area contributed by atoms with Crippen LogP contribution >= 0.6 is 0 Å². The predicted octanol–water partition coefficient (Wildman–Crippen LogP) is 0.200. The molecule has 2 aliphatic rings. The Kier molecular flexibility index (Phi) is 3.28. The number of nitrogens with one attached hydrogen (secondary N) is 2. The summed E-state index contributed by atoms with van der Waals surface area (Å²) < 4.78 is 0. The molecule has 4 N–H and O–H groups in total. The molecule has 0 spiro atoms. The fourth-order valence-corrected chi connectivity index (χ4v) is 2.00. The Morgan fingerprint density at radius 2 is 2.33 bits per heavy atom. The van der Waals surface area contributed by atoms with Crippen molar-refractivity contribution in [2.45, 2.75) is 38.0 Å². The van der Waals surface area contributed by atoms with E-state index in [4.69, 9.17) is 10.2 Å². The normalized spacial score (nSPS) is 24.9. The van der Waals surface area contributed by atoms with Crippen molar-refractivity contribution in [3.8, 4) is 0 Å². The minimum absolute atomic E-state index is 0.219. The van der Waals surface area contributed by atoms with Crippen LogP contribution in [0.2, 0.25) is 0 Å². The second-order valence-electron chi connectivity index (χ2n) is 4.10. The highest BCUT2D eigenvalue weighted by Gasteiger charge is 2.17. The van der Waals surface area contributed by atoms with Crippen molar-refractivity contribution in [3.63, 3.8) is 0 Å². The minimum Gasteiger partial charge on any atom is -0.372 e. The lowest BCUT2D eigenvalue weighted by molar-refractivity contribution is -0.0470. The Balaban J connectivity index is 1.88. The fourth-order valence-electron chi connectivity index (χ4n) is 2.00. The van der Waals surface area contributed by atoms with E-state index < -0.39 is 6.29 Å². The van der Waals surface area contributed by atoms with Crippen molar-refractivity contribution >= 4 is 0 Å². The lowest BCUT2D eigenvalue weighted by Crippen LogP contribution is -2.39. The number of dihydropyridines is 1. The Labute approximate surface area is 89.7 Å². The molecule has 84 valence electrons. The van der Waals surface area contributed by atoms with Gasteiger partial charge in [-0.15, -0.1) is 0 Å². The maximum absolute atomic E-state index is 8.79. The lowest BCUT2D eigenvalue weighted by atomic mass is 10.00. The molecule has 1 atom stereocenters. The van der Waals surface area contributed by atoms with Gasteiger partial charge in [-0.3, -0.25) is 0 Å². The van der Waals surface area contributed by atoms with Crippen LogP contribution in [0.1, 0.15) is 25.7 Å². The van der Waals surface area contributed by atoms with E-state index in [1.165, 1.54) is 12.0 Å². The third kappa shape index (κ3) is 2.73. The maximum atomic E-state index is 8.79. The third-order valence-corrected chi connectivity index (χ3v) is 2.84. The average molecular weight is 210 g/mol. The summed E-state index contributed by atoms with van der Waals surface area (Å²) in [5, 5.41) is 24.3. The first kappa shape index (κ1) is 10.5. The summed E-state index contributed by atoms with van der Waals surface area (Å²) >= 11 is 0. The van der Waals surface area contributed by atoms with Gasteiger partial charge in [0.25, 0.3) is 0 Å². The number of aliphatic hydroxyl groups excluding tert-OH is 1. The van der Waals surface area contributed by atoms with E-state index in [-0.39, 0.29) is 6.04 Å². The number of hydrogen-bond acceptors (Lipinski definition) is 4. The molecule has 0 fully saturated rings. The van der Waals surface area contributed by atoms with Crippen LogP contribution in [0.5, 0.6) is 0 Å². The summed E-state index contributed by atoms with van der Waals surface area (Å²) in [5.74, 6) is 1.13. The third-order valence-electron chi connectivity index (χ3n) is 2.84. The highest BCUT2D eigenvalue weighted by molar-refractivity contribution is 5.31. The van der Waals surface area contributed by atoms with Crippen molar-refractivity contribution in [2.75, 3.05) is 6.54 Å². The lowest BCUT2D eigenvalue weighted by Gasteiger charge is -2.29. The molecule has 4 heteroatoms. The SMILES string of the molecule is OC(O)CCC1C=CC2=C(NCCC2)N1. The van der Waals surface area contributed by atoms with Crippen LogP contribution in [-0.2, 0) is 0 Å². The first-order valence-corrected chi connectivity index (χ1v) is 5.53. The Hall–Kier alpha value is -1.00. The highest BCUT2D eigenvalue weighted by atomic mass is 16.5. The topological polar surface area (TPSA) is 64.5 Å². The van der Waals surface area contributed by atoms with Crippen LogP contribution in [0.15, 0.2) is 23.5 Å². The molecular formula is C11H18N2O2. The standard InChI is InChI=1S/C11H18N2O2/c14-10(15)6-5-9-4-3-8-2-1-7-12-11(8)13-9/h3-4,9-10,12-15H,1-2,5-7H2. The van der Waals surface area contributed by atoms with E-state index in [1.807, 2.05) is 0 Å². The van der Waals surface area contributed by atoms with Crippen LogP contribution in [0.3, 0.4) is 0 Å². The molecule has 2 heterocycles. The van der Waals surface area contributed by atoms with Gasteiger partial charge in [0.1, 0.15) is 5.82 Å². The summed E-state index contributed by atoms with van der Waals surface area (Å²) in [7, 11) is 0. The number of aliphatic hydroxyl groups is 2. The molecule has 0 bridgehead atoms. The van der Waals surface area contributed by atoms with Crippen LogP contribution in [-0.4, -0.2) is 29.1 Å². The molecule has 4 nitrogen and oxygen atoms in total. The van der Waals surface area contributed by atoms with Gasteiger partial charge in [-0.1, -0.05) is 12.2 Å². The van der Waals surface area contributed by atoms with Gasteiger partial charge in [0.2, 0.25) is 0 Å². The average Bonchev–Trinajstić information content (AvgIpc) is 2.26. The van der Waals surface area contributed by atoms with E-state index in [0.29, 0.717) is 6.42 Å². The molecule has 0 saturated carbocycles. The van der Waals surface area contributed by atoms with Crippen molar-refractivity contribution in [1.29, 1.82) is 0 Å². The van der Waals surface area contributed by atoms with Gasteiger partial charge in [-0.25, -0.2) is 0 Å². The zero-order valence-corrected chi connectivity index (χ0v) is 8.74. The molecule has 0 aromatic rings. The molecule has 0 amide bonds. The predicted molar refractivity (Wildman–Crippen MR) is 57.8 cm³/mol. The minimum atomic E-state index is -1.20. The van der Waals surface area contributed by atoms with Crippen molar-refractivity contribution in [1.82, 2.24) is 10.6 Å². The van der Waals surface area contributed by atoms with Crippen LogP contribution in [0.25, 0.3) is 0 Å². The molecule has 2 rings (SSSR count). The van der Waals surface area contributed by atoms with E-state index in [2.05, 4.69) is 22.8 Å². The van der Waals surface area contributed by atoms with Crippen LogP contribution in [0, 0.1) is 0 Å². The zero-order chi connectivity index (χ0) is 10.7. The van der Waals surface area contributed by atoms with E-state index in [9.17, 15) is 0 Å². The molecule has 0 aliphatic carbocycles. The van der Waals surface area contributed by atoms with Gasteiger partial charge in [0.15, 0.2) is 6.29 Å². The van der Waals surface area contributed by atoms with Gasteiger partial charge in [-0.2, -0.15) is 0 Å². The summed E-state index contributed by atoms with van der Waals surface area (Å²) in [6, 6.07) is 0.219. The molecule has 15 heavy (non-hydrogen) atoms. The highest BCUT2D eigenvalue weighted by Crippen LogP contribution is 2.19. The summed E-state index contributed by atoms with van der Waals surface area (Å²) in [4.78, 5) is 0. The smallest absolute Gasteiger partial charge is 0.151 e. The summed E-state index contributed by atoms with van der Waals surface area (Å²) in [6.07, 6.45) is 6.51. The second kappa shape index (κ2) is 4.68. The van der Waals surface area contributed by atoms with Crippen molar-refractivity contribution < 1.29 is 10.2 Å². The monoisotopic (exact) mass is 210 g/mol. The van der Waals surface area contributed by atoms with Gasteiger partial charge in [0.05, 0.1) is 0 Å². The molecule has 0 aromatic carbocycles. The fraction of sp³-hybridized carbons (Fsp3) is 0.636. The van der Waals surface area contributed by atoms with Gasteiger partial charge >= 0.3 is 0 Å². The van der Waals surface area contributed by atoms with Crippen molar-refractivity contribution in [3.05, 3.63) is 23.5 Å². The molecule has 2 aliphatic heterocycles. The maximum Gasteiger partial charge on any atom is 0.151 e. The first-order chi connectivity index (χ1) is 7.25. The van der Waals surface area contributed by atoms with Gasteiger partial charge in [-0.05, 0) is 24.8 Å². The van der Waals surface area contributed by atoms with Crippen LogP contribution in [0.4, 0.5) is 0 Å².